The summed E-state index contributed by atoms with van der Waals surface area (Å²) in [5.74, 6) is 3.28. The van der Waals surface area contributed by atoms with Crippen LogP contribution in [-0.4, -0.2) is 72.7 Å². The quantitative estimate of drug-likeness (QED) is 0.650. The van der Waals surface area contributed by atoms with Crippen molar-refractivity contribution in [2.45, 2.75) is 18.5 Å². The predicted octanol–water partition coefficient (Wildman–Crippen LogP) is 1.12. The Morgan fingerprint density at radius 2 is 2.33 bits per heavy atom. The molecule has 0 aromatic carbocycles. The van der Waals surface area contributed by atoms with Crippen molar-refractivity contribution in [3.05, 3.63) is 18.0 Å². The first kappa shape index (κ1) is 16.2. The Hall–Kier alpha value is -1.21. The number of nitrogens with zero attached hydrogens (tertiary/aromatic N) is 4. The van der Waals surface area contributed by atoms with Gasteiger partial charge in [-0.1, -0.05) is 5.16 Å². The van der Waals surface area contributed by atoms with Crippen LogP contribution >= 0.6 is 11.8 Å². The van der Waals surface area contributed by atoms with E-state index < -0.39 is 0 Å². The smallest absolute Gasteiger partial charge is 0.193 e. The average Bonchev–Trinajstić information content (AvgIpc) is 3.11. The van der Waals surface area contributed by atoms with Crippen LogP contribution in [0.25, 0.3) is 0 Å². The molecule has 21 heavy (non-hydrogen) atoms. The zero-order valence-electron chi connectivity index (χ0n) is 13.3. The molecule has 7 heteroatoms. The van der Waals surface area contributed by atoms with Crippen LogP contribution in [0.5, 0.6) is 0 Å². The Balaban J connectivity index is 1.93. The van der Waals surface area contributed by atoms with Gasteiger partial charge in [0.1, 0.15) is 12.0 Å². The molecule has 1 fully saturated rings. The topological polar surface area (TPSA) is 56.9 Å². The second-order valence-corrected chi connectivity index (χ2v) is 6.77. The summed E-state index contributed by atoms with van der Waals surface area (Å²) in [7, 11) is 8.15. The van der Waals surface area contributed by atoms with Crippen LogP contribution in [0, 0.1) is 0 Å². The van der Waals surface area contributed by atoms with Gasteiger partial charge in [0.05, 0.1) is 6.54 Å². The normalized spacial score (nSPS) is 22.8. The van der Waals surface area contributed by atoms with E-state index in [4.69, 9.17) is 4.52 Å². The fourth-order valence-corrected chi connectivity index (χ4v) is 4.07. The number of aliphatic imine (C=N–C) groups is 1. The van der Waals surface area contributed by atoms with E-state index in [1.165, 1.54) is 12.2 Å². The van der Waals surface area contributed by atoms with Crippen LogP contribution in [0.4, 0.5) is 0 Å². The van der Waals surface area contributed by atoms with E-state index >= 15 is 0 Å². The summed E-state index contributed by atoms with van der Waals surface area (Å²) in [6.45, 7) is 1.59. The molecule has 1 aliphatic rings. The maximum atomic E-state index is 4.87. The molecule has 0 amide bonds. The second-order valence-electron chi connectivity index (χ2n) is 5.67. The van der Waals surface area contributed by atoms with E-state index in [0.717, 1.165) is 24.0 Å². The average molecular weight is 311 g/mol. The number of hydrogen-bond donors (Lipinski definition) is 1. The Bertz CT molecular complexity index is 454. The summed E-state index contributed by atoms with van der Waals surface area (Å²) >= 11 is 2.02. The van der Waals surface area contributed by atoms with Gasteiger partial charge in [-0.15, -0.1) is 0 Å². The number of guanidine groups is 1. The molecule has 6 nitrogen and oxygen atoms in total. The van der Waals surface area contributed by atoms with Gasteiger partial charge in [-0.2, -0.15) is 11.8 Å². The Kier molecular flexibility index (Phi) is 5.52. The minimum Gasteiger partial charge on any atom is -0.364 e. The highest BCUT2D eigenvalue weighted by Crippen LogP contribution is 2.31. The van der Waals surface area contributed by atoms with E-state index in [9.17, 15) is 0 Å². The molecule has 118 valence electrons. The number of nitrogens with one attached hydrogen (secondary N) is 1. The van der Waals surface area contributed by atoms with Gasteiger partial charge in [-0.25, -0.2) is 0 Å². The minimum absolute atomic E-state index is 0.218. The molecule has 0 bridgehead atoms. The third kappa shape index (κ3) is 3.91. The van der Waals surface area contributed by atoms with Gasteiger partial charge in [0.15, 0.2) is 5.96 Å². The largest absolute Gasteiger partial charge is 0.364 e. The highest BCUT2D eigenvalue weighted by molar-refractivity contribution is 7.99. The standard InChI is InChI=1S/C14H25N5OS/c1-15-13(19(4)9-12-5-7-20-17-12)16-10-14(18(2)3)6-8-21-11-14/h5,7H,6,8-11H2,1-4H3,(H,15,16). The van der Waals surface area contributed by atoms with Crippen molar-refractivity contribution < 1.29 is 4.52 Å². The number of hydrogen-bond acceptors (Lipinski definition) is 5. The van der Waals surface area contributed by atoms with Gasteiger partial charge >= 0.3 is 0 Å². The lowest BCUT2D eigenvalue weighted by molar-refractivity contribution is 0.181. The maximum Gasteiger partial charge on any atom is 0.193 e. The Labute approximate surface area is 130 Å². The zero-order chi connectivity index (χ0) is 15.3. The molecular formula is C14H25N5OS. The number of thioether (sulfide) groups is 1. The van der Waals surface area contributed by atoms with Gasteiger partial charge in [0.25, 0.3) is 0 Å². The summed E-state index contributed by atoms with van der Waals surface area (Å²) in [5.41, 5.74) is 1.12. The maximum absolute atomic E-state index is 4.87. The Morgan fingerprint density at radius 1 is 1.52 bits per heavy atom. The molecule has 0 saturated carbocycles. The molecule has 0 spiro atoms. The summed E-state index contributed by atoms with van der Waals surface area (Å²) in [6.07, 6.45) is 2.80. The van der Waals surface area contributed by atoms with E-state index in [2.05, 4.69) is 39.4 Å². The van der Waals surface area contributed by atoms with Crippen molar-refractivity contribution >= 4 is 17.7 Å². The molecule has 0 radical (unpaired) electrons. The SMILES string of the molecule is CN=C(NCC1(N(C)C)CCSC1)N(C)Cc1ccon1. The summed E-state index contributed by atoms with van der Waals surface area (Å²) in [5, 5.41) is 7.45. The third-order valence-electron chi connectivity index (χ3n) is 4.07. The van der Waals surface area contributed by atoms with Crippen molar-refractivity contribution in [3.63, 3.8) is 0 Å². The van der Waals surface area contributed by atoms with Gasteiger partial charge in [-0.3, -0.25) is 4.99 Å². The van der Waals surface area contributed by atoms with E-state index in [-0.39, 0.29) is 5.54 Å². The highest BCUT2D eigenvalue weighted by Gasteiger charge is 2.36. The molecule has 1 atom stereocenters. The summed E-state index contributed by atoms with van der Waals surface area (Å²) < 4.78 is 4.87. The first-order valence-electron chi connectivity index (χ1n) is 7.13. The van der Waals surface area contributed by atoms with Gasteiger partial charge in [0.2, 0.25) is 0 Å². The van der Waals surface area contributed by atoms with E-state index in [1.807, 2.05) is 31.9 Å². The van der Waals surface area contributed by atoms with Gasteiger partial charge in [0, 0.05) is 38.0 Å². The van der Waals surface area contributed by atoms with E-state index in [0.29, 0.717) is 6.54 Å². The number of rotatable bonds is 5. The molecular weight excluding hydrogens is 286 g/mol. The lowest BCUT2D eigenvalue weighted by atomic mass is 9.97. The van der Waals surface area contributed by atoms with Gasteiger partial charge < -0.3 is 19.6 Å². The van der Waals surface area contributed by atoms with Crippen LogP contribution in [0.3, 0.4) is 0 Å². The van der Waals surface area contributed by atoms with Crippen molar-refractivity contribution in [1.82, 2.24) is 20.3 Å². The lowest BCUT2D eigenvalue weighted by Gasteiger charge is -2.37. The first-order chi connectivity index (χ1) is 10.1. The summed E-state index contributed by atoms with van der Waals surface area (Å²) in [6, 6.07) is 1.87. The third-order valence-corrected chi connectivity index (χ3v) is 5.30. The molecule has 1 aromatic heterocycles. The highest BCUT2D eigenvalue weighted by atomic mass is 32.2. The zero-order valence-corrected chi connectivity index (χ0v) is 14.1. The summed E-state index contributed by atoms with van der Waals surface area (Å²) in [4.78, 5) is 8.76. The van der Waals surface area contributed by atoms with Crippen molar-refractivity contribution in [2.24, 2.45) is 4.99 Å². The number of aromatic nitrogens is 1. The predicted molar refractivity (Wildman–Crippen MR) is 87.7 cm³/mol. The minimum atomic E-state index is 0.218. The van der Waals surface area contributed by atoms with E-state index in [1.54, 1.807) is 6.26 Å². The first-order valence-corrected chi connectivity index (χ1v) is 8.29. The fraction of sp³-hybridized carbons (Fsp3) is 0.714. The monoisotopic (exact) mass is 311 g/mol. The van der Waals surface area contributed by atoms with Crippen LogP contribution in [0.2, 0.25) is 0 Å². The molecule has 1 unspecified atom stereocenters. The fourth-order valence-electron chi connectivity index (χ4n) is 2.51. The lowest BCUT2D eigenvalue weighted by Crippen LogP contribution is -2.54. The van der Waals surface area contributed by atoms with Crippen LogP contribution in [0.1, 0.15) is 12.1 Å². The molecule has 2 rings (SSSR count). The molecule has 1 saturated heterocycles. The van der Waals surface area contributed by atoms with Crippen LogP contribution < -0.4 is 5.32 Å². The van der Waals surface area contributed by atoms with Crippen molar-refractivity contribution in [3.8, 4) is 0 Å². The van der Waals surface area contributed by atoms with Gasteiger partial charge in [-0.05, 0) is 26.3 Å². The number of likely N-dealkylation sites (N-methyl/N-ethyl adjacent to an activating group) is 1. The molecule has 1 N–H and O–H groups in total. The van der Waals surface area contributed by atoms with Crippen molar-refractivity contribution in [2.75, 3.05) is 46.2 Å². The van der Waals surface area contributed by atoms with Crippen molar-refractivity contribution in [1.29, 1.82) is 0 Å². The molecule has 1 aromatic rings. The molecule has 0 aliphatic carbocycles. The van der Waals surface area contributed by atoms with Crippen LogP contribution in [-0.2, 0) is 6.54 Å². The second kappa shape index (κ2) is 7.17. The molecule has 1 aliphatic heterocycles. The van der Waals surface area contributed by atoms with Crippen LogP contribution in [0.15, 0.2) is 21.8 Å². The molecule has 2 heterocycles. The Morgan fingerprint density at radius 3 is 2.86 bits per heavy atom.